The van der Waals surface area contributed by atoms with Gasteiger partial charge in [0.05, 0.1) is 0 Å². The number of rotatable bonds is 2. The quantitative estimate of drug-likeness (QED) is 0.751. The fraction of sp³-hybridized carbons (Fsp3) is 1.00. The van der Waals surface area contributed by atoms with Gasteiger partial charge in [0.15, 0.2) is 0 Å². The molecule has 0 spiro atoms. The Morgan fingerprint density at radius 2 is 1.93 bits per heavy atom. The third kappa shape index (κ3) is 3.18. The van der Waals surface area contributed by atoms with Crippen LogP contribution in [0.4, 0.5) is 0 Å². The SMILES string of the molecule is CC1CNC(C2CC2)CN1CC(C)(C)C. The first-order chi connectivity index (χ1) is 6.96. The molecule has 1 aliphatic heterocycles. The van der Waals surface area contributed by atoms with Crippen LogP contribution < -0.4 is 5.32 Å². The summed E-state index contributed by atoms with van der Waals surface area (Å²) in [6.45, 7) is 13.1. The van der Waals surface area contributed by atoms with Crippen LogP contribution in [0.15, 0.2) is 0 Å². The number of nitrogens with zero attached hydrogens (tertiary/aromatic N) is 1. The molecule has 88 valence electrons. The van der Waals surface area contributed by atoms with Crippen molar-refractivity contribution < 1.29 is 0 Å². The van der Waals surface area contributed by atoms with Crippen LogP contribution in [0.2, 0.25) is 0 Å². The fourth-order valence-electron chi connectivity index (χ4n) is 2.59. The zero-order valence-corrected chi connectivity index (χ0v) is 10.7. The van der Waals surface area contributed by atoms with E-state index in [1.54, 1.807) is 0 Å². The van der Waals surface area contributed by atoms with Crippen molar-refractivity contribution in [2.75, 3.05) is 19.6 Å². The molecule has 2 unspecified atom stereocenters. The largest absolute Gasteiger partial charge is 0.311 e. The molecular formula is C13H26N2. The highest BCUT2D eigenvalue weighted by molar-refractivity contribution is 4.94. The number of nitrogens with one attached hydrogen (secondary N) is 1. The maximum Gasteiger partial charge on any atom is 0.0224 e. The Labute approximate surface area is 94.4 Å². The molecule has 0 amide bonds. The van der Waals surface area contributed by atoms with Gasteiger partial charge in [0, 0.05) is 31.7 Å². The lowest BCUT2D eigenvalue weighted by Gasteiger charge is -2.42. The molecule has 2 fully saturated rings. The summed E-state index contributed by atoms with van der Waals surface area (Å²) in [6.07, 6.45) is 2.91. The Bertz CT molecular complexity index is 215. The van der Waals surface area contributed by atoms with Gasteiger partial charge in [0.25, 0.3) is 0 Å². The summed E-state index contributed by atoms with van der Waals surface area (Å²) in [4.78, 5) is 2.68. The summed E-state index contributed by atoms with van der Waals surface area (Å²) < 4.78 is 0. The minimum atomic E-state index is 0.430. The van der Waals surface area contributed by atoms with Crippen molar-refractivity contribution in [1.29, 1.82) is 0 Å². The average Bonchev–Trinajstić information content (AvgIpc) is 2.89. The fourth-order valence-corrected chi connectivity index (χ4v) is 2.59. The van der Waals surface area contributed by atoms with Gasteiger partial charge in [-0.3, -0.25) is 4.90 Å². The standard InChI is InChI=1S/C13H26N2/c1-10-7-14-12(11-5-6-11)8-15(10)9-13(2,3)4/h10-12,14H,5-9H2,1-4H3. The van der Waals surface area contributed by atoms with E-state index in [-0.39, 0.29) is 0 Å². The Balaban J connectivity index is 1.89. The highest BCUT2D eigenvalue weighted by Crippen LogP contribution is 2.34. The van der Waals surface area contributed by atoms with Gasteiger partial charge in [-0.1, -0.05) is 20.8 Å². The van der Waals surface area contributed by atoms with Crippen LogP contribution in [-0.2, 0) is 0 Å². The molecule has 15 heavy (non-hydrogen) atoms. The summed E-state index contributed by atoms with van der Waals surface area (Å²) in [6, 6.07) is 1.49. The van der Waals surface area contributed by atoms with Crippen LogP contribution in [0.5, 0.6) is 0 Å². The monoisotopic (exact) mass is 210 g/mol. The van der Waals surface area contributed by atoms with E-state index in [2.05, 4.69) is 37.9 Å². The first-order valence-corrected chi connectivity index (χ1v) is 6.43. The number of piperazine rings is 1. The molecule has 0 bridgehead atoms. The molecule has 1 N–H and O–H groups in total. The van der Waals surface area contributed by atoms with Gasteiger partial charge in [-0.15, -0.1) is 0 Å². The van der Waals surface area contributed by atoms with E-state index in [1.807, 2.05) is 0 Å². The molecule has 2 nitrogen and oxygen atoms in total. The van der Waals surface area contributed by atoms with Crippen LogP contribution in [0, 0.1) is 11.3 Å². The minimum absolute atomic E-state index is 0.430. The highest BCUT2D eigenvalue weighted by atomic mass is 15.2. The van der Waals surface area contributed by atoms with Crippen LogP contribution >= 0.6 is 0 Å². The third-order valence-corrected chi connectivity index (χ3v) is 3.60. The molecule has 0 radical (unpaired) electrons. The molecule has 2 rings (SSSR count). The molecule has 1 aliphatic carbocycles. The van der Waals surface area contributed by atoms with Crippen LogP contribution in [0.1, 0.15) is 40.5 Å². The van der Waals surface area contributed by atoms with Crippen molar-refractivity contribution in [1.82, 2.24) is 10.2 Å². The lowest BCUT2D eigenvalue weighted by atomic mass is 9.94. The second-order valence-corrected chi connectivity index (χ2v) is 6.69. The molecule has 2 aliphatic rings. The summed E-state index contributed by atoms with van der Waals surface area (Å²) in [5, 5.41) is 3.70. The smallest absolute Gasteiger partial charge is 0.0224 e. The van der Waals surface area contributed by atoms with Gasteiger partial charge < -0.3 is 5.32 Å². The molecule has 0 aromatic carbocycles. The van der Waals surface area contributed by atoms with Gasteiger partial charge in [0.2, 0.25) is 0 Å². The topological polar surface area (TPSA) is 15.3 Å². The molecular weight excluding hydrogens is 184 g/mol. The summed E-state index contributed by atoms with van der Waals surface area (Å²) >= 11 is 0. The predicted octanol–water partition coefficient (Wildman–Crippen LogP) is 2.10. The van der Waals surface area contributed by atoms with E-state index >= 15 is 0 Å². The van der Waals surface area contributed by atoms with Crippen molar-refractivity contribution in [2.45, 2.75) is 52.6 Å². The van der Waals surface area contributed by atoms with E-state index in [1.165, 1.54) is 32.5 Å². The number of hydrogen-bond donors (Lipinski definition) is 1. The second-order valence-electron chi connectivity index (χ2n) is 6.69. The van der Waals surface area contributed by atoms with Crippen LogP contribution in [-0.4, -0.2) is 36.6 Å². The minimum Gasteiger partial charge on any atom is -0.311 e. The first-order valence-electron chi connectivity index (χ1n) is 6.43. The van der Waals surface area contributed by atoms with Gasteiger partial charge in [-0.2, -0.15) is 0 Å². The Kier molecular flexibility index (Phi) is 3.09. The molecule has 2 heteroatoms. The van der Waals surface area contributed by atoms with Crippen LogP contribution in [0.3, 0.4) is 0 Å². The Hall–Kier alpha value is -0.0800. The average molecular weight is 210 g/mol. The third-order valence-electron chi connectivity index (χ3n) is 3.60. The molecule has 0 aromatic rings. The molecule has 1 saturated heterocycles. The van der Waals surface area contributed by atoms with Crippen molar-refractivity contribution in [3.8, 4) is 0 Å². The van der Waals surface area contributed by atoms with Crippen molar-refractivity contribution >= 4 is 0 Å². The summed E-state index contributed by atoms with van der Waals surface area (Å²) in [5.74, 6) is 0.986. The van der Waals surface area contributed by atoms with E-state index in [9.17, 15) is 0 Å². The molecule has 0 aromatic heterocycles. The van der Waals surface area contributed by atoms with E-state index in [0.29, 0.717) is 11.5 Å². The highest BCUT2D eigenvalue weighted by Gasteiger charge is 2.36. The molecule has 1 saturated carbocycles. The Morgan fingerprint density at radius 1 is 1.27 bits per heavy atom. The summed E-state index contributed by atoms with van der Waals surface area (Å²) in [7, 11) is 0. The van der Waals surface area contributed by atoms with E-state index in [4.69, 9.17) is 0 Å². The Morgan fingerprint density at radius 3 is 2.47 bits per heavy atom. The van der Waals surface area contributed by atoms with Crippen molar-refractivity contribution in [2.24, 2.45) is 11.3 Å². The lowest BCUT2D eigenvalue weighted by molar-refractivity contribution is 0.0936. The van der Waals surface area contributed by atoms with E-state index in [0.717, 1.165) is 12.0 Å². The van der Waals surface area contributed by atoms with Gasteiger partial charge >= 0.3 is 0 Å². The van der Waals surface area contributed by atoms with Crippen molar-refractivity contribution in [3.05, 3.63) is 0 Å². The second kappa shape index (κ2) is 4.06. The lowest BCUT2D eigenvalue weighted by Crippen LogP contribution is -2.57. The maximum atomic E-state index is 3.70. The van der Waals surface area contributed by atoms with Gasteiger partial charge in [0.1, 0.15) is 0 Å². The number of hydrogen-bond acceptors (Lipinski definition) is 2. The molecule has 1 heterocycles. The molecule has 2 atom stereocenters. The van der Waals surface area contributed by atoms with Gasteiger partial charge in [-0.25, -0.2) is 0 Å². The van der Waals surface area contributed by atoms with Gasteiger partial charge in [-0.05, 0) is 31.1 Å². The normalized spacial score (nSPS) is 34.4. The summed E-state index contributed by atoms with van der Waals surface area (Å²) in [5.41, 5.74) is 0.430. The van der Waals surface area contributed by atoms with Crippen molar-refractivity contribution in [3.63, 3.8) is 0 Å². The zero-order chi connectivity index (χ0) is 11.1. The first kappa shape index (κ1) is 11.4. The maximum absolute atomic E-state index is 3.70. The predicted molar refractivity (Wildman–Crippen MR) is 65.0 cm³/mol. The van der Waals surface area contributed by atoms with E-state index < -0.39 is 0 Å². The van der Waals surface area contributed by atoms with Crippen LogP contribution in [0.25, 0.3) is 0 Å². The zero-order valence-electron chi connectivity index (χ0n) is 10.7.